The van der Waals surface area contributed by atoms with Crippen LogP contribution in [0.1, 0.15) is 18.4 Å². The Morgan fingerprint density at radius 2 is 1.08 bits per heavy atom. The van der Waals surface area contributed by atoms with Gasteiger partial charge in [0.25, 0.3) is 0 Å². The number of rotatable bonds is 13. The maximum Gasteiger partial charge on any atom is 0.460 e. The highest BCUT2D eigenvalue weighted by molar-refractivity contribution is 8.76. The molecule has 0 bridgehead atoms. The van der Waals surface area contributed by atoms with Crippen molar-refractivity contribution in [1.29, 1.82) is 0 Å². The Morgan fingerprint density at radius 1 is 0.641 bits per heavy atom. The third-order valence-electron chi connectivity index (χ3n) is 5.01. The molecule has 0 spiro atoms. The topological polar surface area (TPSA) is 9.23 Å². The van der Waals surface area contributed by atoms with Crippen molar-refractivity contribution in [1.82, 2.24) is 0 Å². The summed E-state index contributed by atoms with van der Waals surface area (Å²) < 4.78 is 230. The number of benzene rings is 1. The molecule has 0 atom stereocenters. The molecule has 1 aromatic rings. The van der Waals surface area contributed by atoms with Gasteiger partial charge < -0.3 is 4.74 Å². The Hall–Kier alpha value is -1.47. The molecule has 39 heavy (non-hydrogen) atoms. The lowest BCUT2D eigenvalue weighted by atomic mass is 9.88. The summed E-state index contributed by atoms with van der Waals surface area (Å²) in [7, 11) is 2.64. The molecule has 0 fully saturated rings. The predicted molar refractivity (Wildman–Crippen MR) is 106 cm³/mol. The zero-order valence-corrected chi connectivity index (χ0v) is 20.6. The van der Waals surface area contributed by atoms with E-state index < -0.39 is 67.1 Å². The first-order valence-corrected chi connectivity index (χ1v) is 12.4. The summed E-state index contributed by atoms with van der Waals surface area (Å²) in [5.41, 5.74) is 0.583. The minimum absolute atomic E-state index is 0.0580. The van der Waals surface area contributed by atoms with E-state index in [4.69, 9.17) is 4.74 Å². The molecular weight excluding hydrogens is 632 g/mol. The molecule has 0 aromatic heterocycles. The number of halogens is 17. The zero-order valence-electron chi connectivity index (χ0n) is 19.0. The van der Waals surface area contributed by atoms with Gasteiger partial charge in [0, 0.05) is 11.3 Å². The third kappa shape index (κ3) is 5.95. The Balaban J connectivity index is 3.18. The smallest absolute Gasteiger partial charge is 0.460 e. The van der Waals surface area contributed by atoms with Crippen molar-refractivity contribution in [3.05, 3.63) is 23.8 Å². The first-order chi connectivity index (χ1) is 17.2. The second kappa shape index (κ2) is 11.1. The fourth-order valence-corrected chi connectivity index (χ4v) is 4.33. The molecule has 0 aliphatic heterocycles. The van der Waals surface area contributed by atoms with E-state index in [-0.39, 0.29) is 5.75 Å². The number of hydrogen-bond acceptors (Lipinski definition) is 3. The molecule has 0 N–H and O–H groups in total. The molecular formula is C19H15F17OS2. The standard InChI is InChI=1S/C19H15F17OS2/c1-9-8-10(4-5-11(9)39-38-2)37-7-3-6-12(20,21)13(22,23)14(24,25)15(26,27)16(28,29)17(30,31)18(32,33)19(34,35)36/h4-5,8H,3,6-7H2,1-2H3/i2+1. The van der Waals surface area contributed by atoms with Crippen molar-refractivity contribution >= 4 is 21.6 Å². The fourth-order valence-electron chi connectivity index (χ4n) is 2.73. The molecule has 1 aromatic carbocycles. The molecule has 228 valence electrons. The van der Waals surface area contributed by atoms with Crippen LogP contribution in [0.25, 0.3) is 0 Å². The van der Waals surface area contributed by atoms with Crippen LogP contribution in [0.5, 0.6) is 5.75 Å². The molecule has 0 unspecified atom stereocenters. The van der Waals surface area contributed by atoms with Gasteiger partial charge in [-0.3, -0.25) is 0 Å². The van der Waals surface area contributed by atoms with E-state index in [1.54, 1.807) is 13.2 Å². The van der Waals surface area contributed by atoms with Gasteiger partial charge in [-0.15, -0.1) is 0 Å². The maximum atomic E-state index is 13.9. The maximum absolute atomic E-state index is 13.9. The van der Waals surface area contributed by atoms with Crippen LogP contribution in [0.2, 0.25) is 0 Å². The normalized spacial score (nSPS) is 15.1. The lowest BCUT2D eigenvalue weighted by Crippen LogP contribution is -2.74. The van der Waals surface area contributed by atoms with Crippen LogP contribution in [-0.4, -0.2) is 60.5 Å². The van der Waals surface area contributed by atoms with Crippen LogP contribution >= 0.6 is 21.6 Å². The van der Waals surface area contributed by atoms with Gasteiger partial charge in [0.15, 0.2) is 0 Å². The fraction of sp³-hybridized carbons (Fsp3) is 0.684. The summed E-state index contributed by atoms with van der Waals surface area (Å²) in [6.07, 6.45) is -9.92. The Kier molecular flexibility index (Phi) is 10.1. The minimum atomic E-state index is -8.62. The van der Waals surface area contributed by atoms with E-state index in [1.165, 1.54) is 39.8 Å². The average Bonchev–Trinajstić information content (AvgIpc) is 2.77. The monoisotopic (exact) mass is 647 g/mol. The van der Waals surface area contributed by atoms with Gasteiger partial charge in [-0.2, -0.15) is 74.6 Å². The molecule has 0 heterocycles. The van der Waals surface area contributed by atoms with Gasteiger partial charge in [0.1, 0.15) is 5.75 Å². The first-order valence-electron chi connectivity index (χ1n) is 9.83. The summed E-state index contributed by atoms with van der Waals surface area (Å²) in [5.74, 6) is -56.3. The predicted octanol–water partition coefficient (Wildman–Crippen LogP) is 9.53. The average molecular weight is 647 g/mol. The first kappa shape index (κ1) is 35.6. The van der Waals surface area contributed by atoms with Crippen molar-refractivity contribution in [2.24, 2.45) is 0 Å². The van der Waals surface area contributed by atoms with Crippen molar-refractivity contribution in [2.45, 2.75) is 72.3 Å². The summed E-state index contributed by atoms with van der Waals surface area (Å²) in [6, 6.07) is 4.08. The van der Waals surface area contributed by atoms with Crippen molar-refractivity contribution < 1.29 is 79.4 Å². The van der Waals surface area contributed by atoms with E-state index in [9.17, 15) is 74.6 Å². The van der Waals surface area contributed by atoms with Crippen molar-refractivity contribution in [2.75, 3.05) is 12.9 Å². The molecule has 0 saturated carbocycles. The lowest BCUT2D eigenvalue weighted by molar-refractivity contribution is -0.461. The SMILES string of the molecule is Cc1cc(OCCCC(F)(F)C(F)(F)C(F)(F)C(F)(F)C(F)(F)C(F)(F)C(F)(F)C(F)(F)F)ccc1SS[13CH3]. The quantitative estimate of drug-likeness (QED) is 0.0914. The zero-order chi connectivity index (χ0) is 31.1. The Morgan fingerprint density at radius 3 is 1.49 bits per heavy atom. The number of hydrogen-bond donors (Lipinski definition) is 0. The molecule has 0 aliphatic rings. The highest BCUT2D eigenvalue weighted by atomic mass is 33.1. The van der Waals surface area contributed by atoms with E-state index in [0.29, 0.717) is 5.56 Å². The second-order valence-corrected chi connectivity index (χ2v) is 10.2. The van der Waals surface area contributed by atoms with Gasteiger partial charge in [-0.05, 0) is 43.4 Å². The van der Waals surface area contributed by atoms with Crippen LogP contribution in [-0.2, 0) is 0 Å². The van der Waals surface area contributed by atoms with Crippen LogP contribution in [0.4, 0.5) is 74.6 Å². The van der Waals surface area contributed by atoms with Crippen LogP contribution in [0, 0.1) is 6.92 Å². The molecule has 0 aliphatic carbocycles. The molecule has 0 amide bonds. The number of alkyl halides is 17. The highest BCUT2D eigenvalue weighted by Gasteiger charge is 2.95. The van der Waals surface area contributed by atoms with Gasteiger partial charge in [0.2, 0.25) is 0 Å². The van der Waals surface area contributed by atoms with Gasteiger partial charge in [0.05, 0.1) is 6.61 Å². The lowest BCUT2D eigenvalue weighted by Gasteiger charge is -2.42. The Bertz CT molecular complexity index is 991. The summed E-state index contributed by atoms with van der Waals surface area (Å²) in [4.78, 5) is 0.722. The number of ether oxygens (including phenoxy) is 1. The summed E-state index contributed by atoms with van der Waals surface area (Å²) >= 11 is 0. The minimum Gasteiger partial charge on any atom is -0.494 e. The molecule has 0 radical (unpaired) electrons. The third-order valence-corrected chi connectivity index (χ3v) is 6.85. The molecule has 20 heteroatoms. The van der Waals surface area contributed by atoms with Gasteiger partial charge >= 0.3 is 47.6 Å². The van der Waals surface area contributed by atoms with Gasteiger partial charge in [-0.1, -0.05) is 21.6 Å². The van der Waals surface area contributed by atoms with E-state index in [1.807, 2.05) is 0 Å². The summed E-state index contributed by atoms with van der Waals surface area (Å²) in [6.45, 7) is 0.598. The van der Waals surface area contributed by atoms with Crippen molar-refractivity contribution in [3.8, 4) is 5.75 Å². The highest BCUT2D eigenvalue weighted by Crippen LogP contribution is 2.64. The van der Waals surface area contributed by atoms with E-state index in [2.05, 4.69) is 0 Å². The van der Waals surface area contributed by atoms with Crippen molar-refractivity contribution in [3.63, 3.8) is 0 Å². The van der Waals surface area contributed by atoms with Crippen LogP contribution < -0.4 is 4.74 Å². The van der Waals surface area contributed by atoms with E-state index in [0.717, 1.165) is 4.90 Å². The molecule has 1 rings (SSSR count). The second-order valence-electron chi connectivity index (χ2n) is 7.78. The molecule has 1 nitrogen and oxygen atoms in total. The van der Waals surface area contributed by atoms with Crippen LogP contribution in [0.3, 0.4) is 0 Å². The van der Waals surface area contributed by atoms with Crippen LogP contribution in [0.15, 0.2) is 23.1 Å². The Labute approximate surface area is 216 Å². The largest absolute Gasteiger partial charge is 0.494 e. The molecule has 0 saturated heterocycles. The summed E-state index contributed by atoms with van der Waals surface area (Å²) in [5, 5.41) is 0. The van der Waals surface area contributed by atoms with E-state index >= 15 is 0 Å². The number of aryl methyl sites for hydroxylation is 1. The van der Waals surface area contributed by atoms with Gasteiger partial charge in [-0.25, -0.2) is 0 Å².